The molecule has 0 saturated carbocycles. The molecule has 0 radical (unpaired) electrons. The van der Waals surface area contributed by atoms with Gasteiger partial charge in [-0.25, -0.2) is 4.79 Å². The molecule has 8 heteroatoms. The van der Waals surface area contributed by atoms with Crippen LogP contribution in [-0.2, 0) is 19.2 Å². The summed E-state index contributed by atoms with van der Waals surface area (Å²) in [6.45, 7) is 3.63. The maximum atomic E-state index is 12.5. The lowest BCUT2D eigenvalue weighted by atomic mass is 9.68. The van der Waals surface area contributed by atoms with Gasteiger partial charge in [0.25, 0.3) is 5.69 Å². The maximum absolute atomic E-state index is 12.5. The van der Waals surface area contributed by atoms with E-state index in [2.05, 4.69) is 5.16 Å². The highest BCUT2D eigenvalue weighted by molar-refractivity contribution is 6.13. The van der Waals surface area contributed by atoms with Gasteiger partial charge in [-0.05, 0) is 25.5 Å². The number of ether oxygens (including phenoxy) is 1. The first kappa shape index (κ1) is 16.8. The van der Waals surface area contributed by atoms with Crippen molar-refractivity contribution < 1.29 is 24.1 Å². The Bertz CT molecular complexity index is 813. The molecule has 0 amide bonds. The van der Waals surface area contributed by atoms with Gasteiger partial charge in [-0.15, -0.1) is 0 Å². The fourth-order valence-electron chi connectivity index (χ4n) is 3.37. The Morgan fingerprint density at radius 1 is 1.44 bits per heavy atom. The Kier molecular flexibility index (Phi) is 4.35. The first-order valence-corrected chi connectivity index (χ1v) is 7.82. The fraction of sp³-hybridized carbons (Fsp3) is 0.353. The molecule has 0 spiro atoms. The van der Waals surface area contributed by atoms with E-state index in [4.69, 9.17) is 9.57 Å². The third kappa shape index (κ3) is 2.90. The van der Waals surface area contributed by atoms with E-state index in [-0.39, 0.29) is 12.3 Å². The van der Waals surface area contributed by atoms with Crippen LogP contribution in [0.15, 0.2) is 41.1 Å². The molecular formula is C17H16N2O6. The van der Waals surface area contributed by atoms with E-state index in [1.165, 1.54) is 18.2 Å². The van der Waals surface area contributed by atoms with Crippen molar-refractivity contribution in [2.24, 2.45) is 17.0 Å². The summed E-state index contributed by atoms with van der Waals surface area (Å²) in [5.41, 5.74) is 1.47. The van der Waals surface area contributed by atoms with E-state index in [1.54, 1.807) is 26.0 Å². The lowest BCUT2D eigenvalue weighted by molar-refractivity contribution is -0.384. The zero-order valence-electron chi connectivity index (χ0n) is 13.7. The molecule has 1 aliphatic heterocycles. The molecule has 3 unspecified atom stereocenters. The van der Waals surface area contributed by atoms with Gasteiger partial charge in [-0.3, -0.25) is 14.9 Å². The molecule has 0 fully saturated rings. The van der Waals surface area contributed by atoms with Crippen molar-refractivity contribution in [2.45, 2.75) is 19.8 Å². The molecule has 1 aromatic rings. The Labute approximate surface area is 143 Å². The normalized spacial score (nSPS) is 24.7. The maximum Gasteiger partial charge on any atom is 0.344 e. The smallest absolute Gasteiger partial charge is 0.344 e. The molecule has 3 rings (SSSR count). The number of oxime groups is 1. The summed E-state index contributed by atoms with van der Waals surface area (Å²) in [5.74, 6) is -3.26. The van der Waals surface area contributed by atoms with Gasteiger partial charge in [-0.2, -0.15) is 0 Å². The number of esters is 1. The molecule has 1 aliphatic carbocycles. The van der Waals surface area contributed by atoms with E-state index in [0.717, 1.165) is 0 Å². The van der Waals surface area contributed by atoms with Crippen LogP contribution in [0.2, 0.25) is 0 Å². The van der Waals surface area contributed by atoms with Gasteiger partial charge in [0.05, 0.1) is 23.2 Å². The van der Waals surface area contributed by atoms with E-state index < -0.39 is 34.6 Å². The number of hydrogen-bond acceptors (Lipinski definition) is 7. The second kappa shape index (κ2) is 6.46. The number of hydrogen-bond donors (Lipinski definition) is 0. The SMILES string of the molecule is CCOC(=O)C1C(C)=CC2=NOC(=O)C2C1c1cccc([N+](=O)[O-])c1. The van der Waals surface area contributed by atoms with Crippen molar-refractivity contribution in [3.05, 3.63) is 51.6 Å². The molecule has 1 aromatic carbocycles. The number of carbonyl (C=O) groups is 2. The van der Waals surface area contributed by atoms with Gasteiger partial charge < -0.3 is 9.57 Å². The first-order valence-electron chi connectivity index (χ1n) is 7.82. The predicted molar refractivity (Wildman–Crippen MR) is 86.7 cm³/mol. The first-order chi connectivity index (χ1) is 11.9. The molecule has 0 aromatic heterocycles. The number of fused-ring (bicyclic) bond motifs is 1. The molecule has 0 N–H and O–H groups in total. The number of benzene rings is 1. The van der Waals surface area contributed by atoms with Gasteiger partial charge in [0.2, 0.25) is 0 Å². The lowest BCUT2D eigenvalue weighted by Crippen LogP contribution is -2.39. The molecule has 25 heavy (non-hydrogen) atoms. The van der Waals surface area contributed by atoms with Gasteiger partial charge in [0.15, 0.2) is 0 Å². The minimum atomic E-state index is -0.792. The average Bonchev–Trinajstić information content (AvgIpc) is 2.94. The standard InChI is InChI=1S/C17H16N2O6/c1-3-24-16(20)13-9(2)7-12-15(17(21)25-18-12)14(13)10-5-4-6-11(8-10)19(22)23/h4-8,13-15H,3H2,1-2H3. The number of nitro benzene ring substituents is 1. The van der Waals surface area contributed by atoms with Crippen LogP contribution in [0.5, 0.6) is 0 Å². The highest BCUT2D eigenvalue weighted by Crippen LogP contribution is 2.44. The lowest BCUT2D eigenvalue weighted by Gasteiger charge is -2.32. The zero-order valence-corrected chi connectivity index (χ0v) is 13.7. The van der Waals surface area contributed by atoms with E-state index >= 15 is 0 Å². The number of carbonyl (C=O) groups excluding carboxylic acids is 2. The van der Waals surface area contributed by atoms with Gasteiger partial charge in [0.1, 0.15) is 5.92 Å². The molecule has 8 nitrogen and oxygen atoms in total. The molecule has 1 heterocycles. The number of rotatable bonds is 4. The highest BCUT2D eigenvalue weighted by atomic mass is 16.7. The van der Waals surface area contributed by atoms with E-state index in [1.807, 2.05) is 0 Å². The van der Waals surface area contributed by atoms with Crippen molar-refractivity contribution in [3.63, 3.8) is 0 Å². The van der Waals surface area contributed by atoms with E-state index in [9.17, 15) is 19.7 Å². The predicted octanol–water partition coefficient (Wildman–Crippen LogP) is 2.35. The van der Waals surface area contributed by atoms with Crippen molar-refractivity contribution in [3.8, 4) is 0 Å². The van der Waals surface area contributed by atoms with E-state index in [0.29, 0.717) is 16.8 Å². The van der Waals surface area contributed by atoms with Gasteiger partial charge in [0, 0.05) is 18.1 Å². The Morgan fingerprint density at radius 2 is 2.20 bits per heavy atom. The summed E-state index contributed by atoms with van der Waals surface area (Å²) in [6.07, 6.45) is 1.64. The van der Waals surface area contributed by atoms with Crippen LogP contribution in [0.1, 0.15) is 25.3 Å². The number of non-ortho nitro benzene ring substituents is 1. The van der Waals surface area contributed by atoms with Crippen molar-refractivity contribution in [2.75, 3.05) is 6.61 Å². The van der Waals surface area contributed by atoms with Crippen LogP contribution >= 0.6 is 0 Å². The largest absolute Gasteiger partial charge is 0.466 e. The Hall–Kier alpha value is -3.03. The molecule has 0 bridgehead atoms. The van der Waals surface area contributed by atoms with Crippen molar-refractivity contribution >= 4 is 23.3 Å². The van der Waals surface area contributed by atoms with Crippen LogP contribution < -0.4 is 0 Å². The number of nitro groups is 1. The fourth-order valence-corrected chi connectivity index (χ4v) is 3.37. The molecule has 0 saturated heterocycles. The minimum absolute atomic E-state index is 0.114. The van der Waals surface area contributed by atoms with Crippen LogP contribution in [-0.4, -0.2) is 29.2 Å². The summed E-state index contributed by atoms with van der Waals surface area (Å²) in [7, 11) is 0. The second-order valence-corrected chi connectivity index (χ2v) is 5.90. The summed E-state index contributed by atoms with van der Waals surface area (Å²) in [4.78, 5) is 40.1. The minimum Gasteiger partial charge on any atom is -0.466 e. The second-order valence-electron chi connectivity index (χ2n) is 5.90. The Balaban J connectivity index is 2.13. The monoisotopic (exact) mass is 344 g/mol. The Morgan fingerprint density at radius 3 is 2.88 bits per heavy atom. The van der Waals surface area contributed by atoms with Gasteiger partial charge >= 0.3 is 11.9 Å². The molecule has 3 atom stereocenters. The van der Waals surface area contributed by atoms with Crippen LogP contribution in [0.3, 0.4) is 0 Å². The number of allylic oxidation sites excluding steroid dienone is 1. The van der Waals surface area contributed by atoms with Crippen molar-refractivity contribution in [1.82, 2.24) is 0 Å². The summed E-state index contributed by atoms with van der Waals surface area (Å²) >= 11 is 0. The zero-order chi connectivity index (χ0) is 18.1. The molecule has 2 aliphatic rings. The summed E-state index contributed by atoms with van der Waals surface area (Å²) in [5, 5.41) is 14.9. The molecular weight excluding hydrogens is 328 g/mol. The average molecular weight is 344 g/mol. The van der Waals surface area contributed by atoms with Crippen LogP contribution in [0, 0.1) is 22.0 Å². The quantitative estimate of drug-likeness (QED) is 0.359. The van der Waals surface area contributed by atoms with Crippen LogP contribution in [0.25, 0.3) is 0 Å². The third-order valence-electron chi connectivity index (χ3n) is 4.40. The summed E-state index contributed by atoms with van der Waals surface area (Å²) < 4.78 is 5.16. The highest BCUT2D eigenvalue weighted by Gasteiger charge is 2.49. The number of nitrogens with zero attached hydrogens (tertiary/aromatic N) is 2. The third-order valence-corrected chi connectivity index (χ3v) is 4.40. The summed E-state index contributed by atoms with van der Waals surface area (Å²) in [6, 6.07) is 5.92. The topological polar surface area (TPSA) is 108 Å². The van der Waals surface area contributed by atoms with Crippen LogP contribution in [0.4, 0.5) is 5.69 Å². The van der Waals surface area contributed by atoms with Gasteiger partial charge in [-0.1, -0.05) is 22.9 Å². The molecule has 130 valence electrons. The van der Waals surface area contributed by atoms with Crippen molar-refractivity contribution in [1.29, 1.82) is 0 Å².